The van der Waals surface area contributed by atoms with Crippen LogP contribution in [-0.2, 0) is 27.3 Å². The summed E-state index contributed by atoms with van der Waals surface area (Å²) in [7, 11) is 0. The Morgan fingerprint density at radius 2 is 1.87 bits per heavy atom. The molecule has 202 valence electrons. The van der Waals surface area contributed by atoms with Gasteiger partial charge in [-0.3, -0.25) is 19.9 Å². The number of anilines is 1. The van der Waals surface area contributed by atoms with Crippen LogP contribution in [0.4, 0.5) is 18.9 Å². The van der Waals surface area contributed by atoms with Crippen molar-refractivity contribution in [1.82, 2.24) is 20.3 Å². The number of nitrogens with one attached hydrogen (secondary N) is 3. The molecule has 0 radical (unpaired) electrons. The zero-order valence-electron chi connectivity index (χ0n) is 19.8. The summed E-state index contributed by atoms with van der Waals surface area (Å²) in [5, 5.41) is 6.79. The third-order valence-electron chi connectivity index (χ3n) is 5.41. The number of H-pyrrole nitrogens is 1. The fourth-order valence-corrected chi connectivity index (χ4v) is 4.33. The summed E-state index contributed by atoms with van der Waals surface area (Å²) in [6.45, 7) is -0.240. The Morgan fingerprint density at radius 3 is 2.54 bits per heavy atom. The van der Waals surface area contributed by atoms with Crippen molar-refractivity contribution in [2.24, 2.45) is 0 Å². The number of carbonyl (C=O) groups is 2. The number of aromatic nitrogens is 3. The SMILES string of the molecule is O=C(O[C@](Cc1cccc(Cl)c1)(NCc1cscn1)C(=O)Nc1cc(-c2ccncc2)c[nH]c1=O)C(F)(F)F. The average Bonchev–Trinajstić information content (AvgIpc) is 3.42. The summed E-state index contributed by atoms with van der Waals surface area (Å²) in [6.07, 6.45) is -1.54. The van der Waals surface area contributed by atoms with Crippen molar-refractivity contribution in [2.75, 3.05) is 5.32 Å². The van der Waals surface area contributed by atoms with E-state index in [0.717, 1.165) is 0 Å². The number of rotatable bonds is 9. The molecule has 1 amide bonds. The standard InChI is InChI=1S/C25H19ClF3N5O4S/c26-18-3-1-2-15(8-18)10-24(38-23(37)25(27,28)29,33-12-19-13-39-14-32-19)22(36)34-20-9-17(11-31-21(20)35)16-4-6-30-7-5-16/h1-9,11,13-14,33H,10,12H2,(H,31,35)(H,34,36)/t24-/m0/s1. The van der Waals surface area contributed by atoms with Crippen molar-refractivity contribution in [3.63, 3.8) is 0 Å². The van der Waals surface area contributed by atoms with Crippen molar-refractivity contribution in [2.45, 2.75) is 24.9 Å². The summed E-state index contributed by atoms with van der Waals surface area (Å²) in [6, 6.07) is 10.6. The first kappa shape index (κ1) is 28.0. The number of aromatic amines is 1. The van der Waals surface area contributed by atoms with Crippen molar-refractivity contribution >= 4 is 40.5 Å². The van der Waals surface area contributed by atoms with Crippen molar-refractivity contribution in [3.8, 4) is 11.1 Å². The number of halogens is 4. The fourth-order valence-electron chi connectivity index (χ4n) is 3.56. The third-order valence-corrected chi connectivity index (χ3v) is 6.28. The maximum Gasteiger partial charge on any atom is 0.491 e. The Hall–Kier alpha value is -4.07. The smallest absolute Gasteiger partial charge is 0.427 e. The largest absolute Gasteiger partial charge is 0.491 e. The molecule has 14 heteroatoms. The zero-order chi connectivity index (χ0) is 28.0. The maximum absolute atomic E-state index is 13.7. The number of ether oxygens (including phenoxy) is 1. The molecule has 0 aliphatic heterocycles. The fraction of sp³-hybridized carbons (Fsp3) is 0.160. The molecule has 4 rings (SSSR count). The van der Waals surface area contributed by atoms with Gasteiger partial charge in [0.25, 0.3) is 11.5 Å². The van der Waals surface area contributed by atoms with Crippen molar-refractivity contribution in [1.29, 1.82) is 0 Å². The van der Waals surface area contributed by atoms with Gasteiger partial charge < -0.3 is 15.0 Å². The van der Waals surface area contributed by atoms with E-state index >= 15 is 0 Å². The van der Waals surface area contributed by atoms with Gasteiger partial charge in [0.05, 0.1) is 11.2 Å². The number of alkyl halides is 3. The van der Waals surface area contributed by atoms with Gasteiger partial charge in [-0.15, -0.1) is 11.3 Å². The molecule has 0 unspecified atom stereocenters. The zero-order valence-corrected chi connectivity index (χ0v) is 21.4. The molecule has 0 saturated carbocycles. The third kappa shape index (κ3) is 7.07. The molecular weight excluding hydrogens is 559 g/mol. The molecule has 0 aliphatic rings. The molecule has 3 aromatic heterocycles. The highest BCUT2D eigenvalue weighted by atomic mass is 35.5. The molecule has 1 atom stereocenters. The van der Waals surface area contributed by atoms with Crippen LogP contribution in [0.5, 0.6) is 0 Å². The number of nitrogens with zero attached hydrogens (tertiary/aromatic N) is 2. The van der Waals surface area contributed by atoms with Gasteiger partial charge in [0.1, 0.15) is 5.69 Å². The minimum Gasteiger partial charge on any atom is -0.427 e. The van der Waals surface area contributed by atoms with Crippen LogP contribution in [0.15, 0.2) is 76.7 Å². The highest BCUT2D eigenvalue weighted by molar-refractivity contribution is 7.07. The first-order chi connectivity index (χ1) is 18.6. The second kappa shape index (κ2) is 11.8. The summed E-state index contributed by atoms with van der Waals surface area (Å²) in [4.78, 5) is 48.8. The van der Waals surface area contributed by atoms with Crippen LogP contribution < -0.4 is 16.2 Å². The normalized spacial score (nSPS) is 12.9. The molecule has 0 fully saturated rings. The topological polar surface area (TPSA) is 126 Å². The lowest BCUT2D eigenvalue weighted by Crippen LogP contribution is -2.60. The minimum absolute atomic E-state index is 0.240. The molecule has 1 aromatic carbocycles. The van der Waals surface area contributed by atoms with Crippen LogP contribution in [-0.4, -0.2) is 38.7 Å². The molecule has 3 heterocycles. The lowest BCUT2D eigenvalue weighted by molar-refractivity contribution is -0.216. The van der Waals surface area contributed by atoms with Gasteiger partial charge in [0.15, 0.2) is 0 Å². The maximum atomic E-state index is 13.7. The number of hydrogen-bond donors (Lipinski definition) is 3. The van der Waals surface area contributed by atoms with E-state index in [9.17, 15) is 27.6 Å². The van der Waals surface area contributed by atoms with Gasteiger partial charge in [0.2, 0.25) is 5.72 Å². The highest BCUT2D eigenvalue weighted by Crippen LogP contribution is 2.27. The van der Waals surface area contributed by atoms with Gasteiger partial charge in [-0.05, 0) is 41.5 Å². The van der Waals surface area contributed by atoms with E-state index in [1.807, 2.05) is 0 Å². The molecule has 0 saturated heterocycles. The Bertz CT molecular complexity index is 1520. The first-order valence-electron chi connectivity index (χ1n) is 11.2. The van der Waals surface area contributed by atoms with Crippen LogP contribution >= 0.6 is 22.9 Å². The number of benzene rings is 1. The number of esters is 1. The lowest BCUT2D eigenvalue weighted by atomic mass is 10.0. The summed E-state index contributed by atoms with van der Waals surface area (Å²) in [5.74, 6) is -3.84. The number of amides is 1. The van der Waals surface area contributed by atoms with Gasteiger partial charge in [-0.1, -0.05) is 23.7 Å². The van der Waals surface area contributed by atoms with E-state index in [-0.39, 0.29) is 22.8 Å². The van der Waals surface area contributed by atoms with E-state index in [1.54, 1.807) is 17.5 Å². The molecule has 0 bridgehead atoms. The van der Waals surface area contributed by atoms with Crippen LogP contribution in [0.3, 0.4) is 0 Å². The predicted octanol–water partition coefficient (Wildman–Crippen LogP) is 4.32. The number of thiazole rings is 1. The lowest BCUT2D eigenvalue weighted by Gasteiger charge is -2.33. The van der Waals surface area contributed by atoms with Gasteiger partial charge in [-0.25, -0.2) is 9.78 Å². The summed E-state index contributed by atoms with van der Waals surface area (Å²) < 4.78 is 45.0. The summed E-state index contributed by atoms with van der Waals surface area (Å²) >= 11 is 7.27. The molecule has 9 nitrogen and oxygen atoms in total. The molecule has 4 aromatic rings. The Balaban J connectivity index is 1.76. The van der Waals surface area contributed by atoms with Crippen LogP contribution in [0.25, 0.3) is 11.1 Å². The van der Waals surface area contributed by atoms with Crippen LogP contribution in [0, 0.1) is 0 Å². The predicted molar refractivity (Wildman–Crippen MR) is 138 cm³/mol. The first-order valence-corrected chi connectivity index (χ1v) is 12.5. The molecule has 3 N–H and O–H groups in total. The Morgan fingerprint density at radius 1 is 1.10 bits per heavy atom. The highest BCUT2D eigenvalue weighted by Gasteiger charge is 2.50. The van der Waals surface area contributed by atoms with Gasteiger partial charge in [-0.2, -0.15) is 13.2 Å². The quantitative estimate of drug-likeness (QED) is 0.200. The van der Waals surface area contributed by atoms with Crippen LogP contribution in [0.1, 0.15) is 11.3 Å². The van der Waals surface area contributed by atoms with E-state index in [1.165, 1.54) is 65.8 Å². The molecule has 0 spiro atoms. The van der Waals surface area contributed by atoms with Crippen molar-refractivity contribution in [3.05, 3.63) is 98.6 Å². The molecule has 39 heavy (non-hydrogen) atoms. The van der Waals surface area contributed by atoms with Gasteiger partial charge >= 0.3 is 12.1 Å². The van der Waals surface area contributed by atoms with E-state index in [2.05, 4.69) is 25.6 Å². The number of carbonyl (C=O) groups excluding carboxylic acids is 2. The second-order valence-electron chi connectivity index (χ2n) is 8.18. The monoisotopic (exact) mass is 577 g/mol. The number of pyridine rings is 2. The van der Waals surface area contributed by atoms with E-state index < -0.39 is 35.8 Å². The second-order valence-corrected chi connectivity index (χ2v) is 9.33. The molecule has 0 aliphatic carbocycles. The molecular formula is C25H19ClF3N5O4S. The van der Waals surface area contributed by atoms with E-state index in [4.69, 9.17) is 16.3 Å². The Labute approximate surface area is 228 Å². The van der Waals surface area contributed by atoms with Crippen molar-refractivity contribution < 1.29 is 27.5 Å². The van der Waals surface area contributed by atoms with Crippen LogP contribution in [0.2, 0.25) is 5.02 Å². The Kier molecular flexibility index (Phi) is 8.43. The van der Waals surface area contributed by atoms with E-state index in [0.29, 0.717) is 16.8 Å². The minimum atomic E-state index is -5.42. The van der Waals surface area contributed by atoms with Gasteiger partial charge in [0, 0.05) is 47.5 Å². The number of hydrogen-bond acceptors (Lipinski definition) is 8. The summed E-state index contributed by atoms with van der Waals surface area (Å²) in [5.41, 5.74) is -0.381. The average molecular weight is 578 g/mol.